The van der Waals surface area contributed by atoms with E-state index in [4.69, 9.17) is 9.84 Å². The number of sulfonamides is 1. The molecule has 0 bridgehead atoms. The van der Waals surface area contributed by atoms with E-state index in [1.54, 1.807) is 0 Å². The quantitative estimate of drug-likeness (QED) is 0.894. The molecule has 0 radical (unpaired) electrons. The number of nitrogens with zero attached hydrogens (tertiary/aromatic N) is 1. The summed E-state index contributed by atoms with van der Waals surface area (Å²) in [6, 6.07) is 2.75. The molecule has 20 heavy (non-hydrogen) atoms. The fraction of sp³-hybridized carbons (Fsp3) is 0.417. The number of benzene rings is 1. The van der Waals surface area contributed by atoms with Gasteiger partial charge in [-0.05, 0) is 24.6 Å². The minimum atomic E-state index is -3.83. The molecule has 1 aliphatic heterocycles. The van der Waals surface area contributed by atoms with Crippen molar-refractivity contribution in [1.82, 2.24) is 4.31 Å². The largest absolute Gasteiger partial charge is 0.478 e. The summed E-state index contributed by atoms with van der Waals surface area (Å²) in [5.41, 5.74) is -0.659. The van der Waals surface area contributed by atoms with Crippen LogP contribution in [0.15, 0.2) is 23.1 Å². The van der Waals surface area contributed by atoms with Crippen molar-refractivity contribution in [3.63, 3.8) is 0 Å². The van der Waals surface area contributed by atoms with Gasteiger partial charge in [-0.25, -0.2) is 17.6 Å². The number of rotatable bonds is 4. The minimum Gasteiger partial charge on any atom is -0.478 e. The molecule has 0 spiro atoms. The first-order valence-electron chi connectivity index (χ1n) is 5.92. The number of carbonyl (C=O) groups is 1. The van der Waals surface area contributed by atoms with Crippen molar-refractivity contribution in [2.24, 2.45) is 0 Å². The van der Waals surface area contributed by atoms with Gasteiger partial charge in [-0.1, -0.05) is 0 Å². The minimum absolute atomic E-state index is 0.177. The van der Waals surface area contributed by atoms with E-state index >= 15 is 0 Å². The van der Waals surface area contributed by atoms with Crippen molar-refractivity contribution in [1.29, 1.82) is 0 Å². The predicted octanol–water partition coefficient (Wildman–Crippen LogP) is 0.933. The molecule has 1 fully saturated rings. The van der Waals surface area contributed by atoms with Gasteiger partial charge in [0.15, 0.2) is 0 Å². The van der Waals surface area contributed by atoms with E-state index in [-0.39, 0.29) is 17.5 Å². The second-order valence-corrected chi connectivity index (χ2v) is 6.39. The molecular weight excluding hydrogens is 289 g/mol. The Morgan fingerprint density at radius 3 is 2.75 bits per heavy atom. The number of carboxylic acids is 1. The van der Waals surface area contributed by atoms with Gasteiger partial charge in [0.25, 0.3) is 0 Å². The van der Waals surface area contributed by atoms with Crippen molar-refractivity contribution < 1.29 is 27.4 Å². The molecule has 1 N–H and O–H groups in total. The molecule has 0 saturated carbocycles. The Morgan fingerprint density at radius 2 is 2.20 bits per heavy atom. The molecule has 1 saturated heterocycles. The molecule has 1 aromatic rings. The third kappa shape index (κ3) is 2.67. The Balaban J connectivity index is 2.35. The molecule has 0 amide bonds. The molecule has 6 nitrogen and oxygen atoms in total. The maximum absolute atomic E-state index is 13.3. The lowest BCUT2D eigenvalue weighted by atomic mass is 10.2. The average molecular weight is 303 g/mol. The van der Waals surface area contributed by atoms with E-state index in [0.29, 0.717) is 13.0 Å². The Morgan fingerprint density at radius 1 is 1.50 bits per heavy atom. The van der Waals surface area contributed by atoms with Crippen LogP contribution < -0.4 is 0 Å². The maximum Gasteiger partial charge on any atom is 0.338 e. The van der Waals surface area contributed by atoms with Crippen LogP contribution in [0.3, 0.4) is 0 Å². The van der Waals surface area contributed by atoms with Gasteiger partial charge in [-0.3, -0.25) is 0 Å². The number of hydrogen-bond donors (Lipinski definition) is 1. The monoisotopic (exact) mass is 303 g/mol. The molecule has 110 valence electrons. The second kappa shape index (κ2) is 5.47. The molecular formula is C12H14FNO5S. The van der Waals surface area contributed by atoms with Crippen LogP contribution in [0.5, 0.6) is 0 Å². The van der Waals surface area contributed by atoms with Crippen LogP contribution in [-0.4, -0.2) is 50.1 Å². The summed E-state index contributed by atoms with van der Waals surface area (Å²) in [7, 11) is -2.33. The lowest BCUT2D eigenvalue weighted by Gasteiger charge is -2.16. The molecule has 8 heteroatoms. The number of halogens is 1. The lowest BCUT2D eigenvalue weighted by molar-refractivity contribution is 0.0691. The van der Waals surface area contributed by atoms with Gasteiger partial charge in [0.1, 0.15) is 5.82 Å². The number of aromatic carboxylic acids is 1. The highest BCUT2D eigenvalue weighted by molar-refractivity contribution is 7.89. The third-order valence-corrected chi connectivity index (χ3v) is 5.11. The standard InChI is InChI=1S/C12H14FNO5S/c1-19-8-4-5-14(7-8)20(17,18)9-2-3-11(13)10(6-9)12(15)16/h2-3,6,8H,4-5,7H2,1H3,(H,15,16). The van der Waals surface area contributed by atoms with E-state index in [0.717, 1.165) is 18.2 Å². The van der Waals surface area contributed by atoms with Crippen molar-refractivity contribution in [2.45, 2.75) is 17.4 Å². The molecule has 1 atom stereocenters. The third-order valence-electron chi connectivity index (χ3n) is 3.25. The van der Waals surface area contributed by atoms with Crippen molar-refractivity contribution in [2.75, 3.05) is 20.2 Å². The van der Waals surface area contributed by atoms with Crippen LogP contribution in [0, 0.1) is 5.82 Å². The molecule has 0 aliphatic carbocycles. The van der Waals surface area contributed by atoms with Gasteiger partial charge >= 0.3 is 5.97 Å². The first kappa shape index (κ1) is 14.9. The van der Waals surface area contributed by atoms with E-state index in [1.807, 2.05) is 0 Å². The van der Waals surface area contributed by atoms with Crippen LogP contribution in [-0.2, 0) is 14.8 Å². The van der Waals surface area contributed by atoms with E-state index in [9.17, 15) is 17.6 Å². The molecule has 1 unspecified atom stereocenters. The Hall–Kier alpha value is -1.51. The van der Waals surface area contributed by atoms with Gasteiger partial charge in [0.05, 0.1) is 16.6 Å². The SMILES string of the molecule is COC1CCN(S(=O)(=O)c2ccc(F)c(C(=O)O)c2)C1. The Labute approximate surface area is 115 Å². The molecule has 1 aromatic carbocycles. The summed E-state index contributed by atoms with van der Waals surface area (Å²) in [5, 5.41) is 8.83. The highest BCUT2D eigenvalue weighted by Gasteiger charge is 2.33. The zero-order chi connectivity index (χ0) is 14.9. The van der Waals surface area contributed by atoms with Crippen LogP contribution >= 0.6 is 0 Å². The van der Waals surface area contributed by atoms with Gasteiger partial charge in [-0.2, -0.15) is 4.31 Å². The number of methoxy groups -OCH3 is 1. The van der Waals surface area contributed by atoms with Crippen LogP contribution in [0.1, 0.15) is 16.8 Å². The molecule has 1 aliphatic rings. The Kier molecular flexibility index (Phi) is 4.07. The van der Waals surface area contributed by atoms with Crippen LogP contribution in [0.25, 0.3) is 0 Å². The van der Waals surface area contributed by atoms with Crippen molar-refractivity contribution >= 4 is 16.0 Å². The fourth-order valence-corrected chi connectivity index (χ4v) is 3.60. The van der Waals surface area contributed by atoms with Gasteiger partial charge in [0.2, 0.25) is 10.0 Å². The van der Waals surface area contributed by atoms with Crippen molar-refractivity contribution in [3.05, 3.63) is 29.6 Å². The Bertz CT molecular complexity index is 631. The highest BCUT2D eigenvalue weighted by Crippen LogP contribution is 2.23. The first-order valence-corrected chi connectivity index (χ1v) is 7.36. The smallest absolute Gasteiger partial charge is 0.338 e. The van der Waals surface area contributed by atoms with Gasteiger partial charge in [0, 0.05) is 20.2 Å². The van der Waals surface area contributed by atoms with E-state index < -0.39 is 27.4 Å². The first-order chi connectivity index (χ1) is 9.36. The normalized spacial score (nSPS) is 20.2. The molecule has 1 heterocycles. The molecule has 0 aromatic heterocycles. The second-order valence-electron chi connectivity index (χ2n) is 4.46. The van der Waals surface area contributed by atoms with E-state index in [2.05, 4.69) is 0 Å². The summed E-state index contributed by atoms with van der Waals surface area (Å²) in [4.78, 5) is 10.6. The van der Waals surface area contributed by atoms with Crippen LogP contribution in [0.2, 0.25) is 0 Å². The summed E-state index contributed by atoms with van der Waals surface area (Å²) >= 11 is 0. The summed E-state index contributed by atoms with van der Waals surface area (Å²) < 4.78 is 44.3. The number of hydrogen-bond acceptors (Lipinski definition) is 4. The average Bonchev–Trinajstić information content (AvgIpc) is 2.88. The number of ether oxygens (including phenoxy) is 1. The predicted molar refractivity (Wildman–Crippen MR) is 67.5 cm³/mol. The molecule has 2 rings (SSSR count). The van der Waals surface area contributed by atoms with Crippen LogP contribution in [0.4, 0.5) is 4.39 Å². The van der Waals surface area contributed by atoms with Gasteiger partial charge in [-0.15, -0.1) is 0 Å². The number of carboxylic acid groups (broad SMARTS) is 1. The zero-order valence-electron chi connectivity index (χ0n) is 10.7. The maximum atomic E-state index is 13.3. The van der Waals surface area contributed by atoms with Gasteiger partial charge < -0.3 is 9.84 Å². The zero-order valence-corrected chi connectivity index (χ0v) is 11.6. The van der Waals surface area contributed by atoms with Crippen molar-refractivity contribution in [3.8, 4) is 0 Å². The summed E-state index contributed by atoms with van der Waals surface area (Å²) in [5.74, 6) is -2.47. The summed E-state index contributed by atoms with van der Waals surface area (Å²) in [6.07, 6.45) is 0.395. The fourth-order valence-electron chi connectivity index (χ4n) is 2.09. The lowest BCUT2D eigenvalue weighted by Crippen LogP contribution is -2.30. The highest BCUT2D eigenvalue weighted by atomic mass is 32.2. The summed E-state index contributed by atoms with van der Waals surface area (Å²) in [6.45, 7) is 0.499. The topological polar surface area (TPSA) is 83.9 Å². The van der Waals surface area contributed by atoms with E-state index in [1.165, 1.54) is 11.4 Å².